The zero-order valence-electron chi connectivity index (χ0n) is 15.9. The lowest BCUT2D eigenvalue weighted by Crippen LogP contribution is -2.31. The third kappa shape index (κ3) is 3.58. The SMILES string of the molecule is CCCN1C(=S)N[C@H](c2ccccn2)[C@H]1c1cccn1-c1ccc([N+](=O)[O-])cc1. The Morgan fingerprint density at radius 3 is 2.62 bits per heavy atom. The van der Waals surface area contributed by atoms with Gasteiger partial charge in [0.15, 0.2) is 5.11 Å². The second-order valence-electron chi connectivity index (χ2n) is 6.90. The molecule has 1 N–H and O–H groups in total. The molecule has 7 nitrogen and oxygen atoms in total. The molecule has 0 radical (unpaired) electrons. The van der Waals surface area contributed by atoms with Crippen LogP contribution in [0.2, 0.25) is 0 Å². The van der Waals surface area contributed by atoms with Gasteiger partial charge in [0.1, 0.15) is 0 Å². The van der Waals surface area contributed by atoms with Gasteiger partial charge in [0.25, 0.3) is 5.69 Å². The van der Waals surface area contributed by atoms with Gasteiger partial charge in [0.2, 0.25) is 0 Å². The molecule has 148 valence electrons. The second kappa shape index (κ2) is 8.00. The normalized spacial score (nSPS) is 18.7. The van der Waals surface area contributed by atoms with Crippen molar-refractivity contribution in [1.29, 1.82) is 0 Å². The first-order chi connectivity index (χ1) is 14.1. The monoisotopic (exact) mass is 407 g/mol. The molecule has 0 unspecified atom stereocenters. The van der Waals surface area contributed by atoms with Gasteiger partial charge in [-0.1, -0.05) is 13.0 Å². The Kier molecular flexibility index (Phi) is 5.26. The number of pyridine rings is 1. The summed E-state index contributed by atoms with van der Waals surface area (Å²) in [4.78, 5) is 17.3. The zero-order valence-corrected chi connectivity index (χ0v) is 16.7. The Balaban J connectivity index is 1.77. The number of aromatic nitrogens is 2. The Morgan fingerprint density at radius 1 is 1.17 bits per heavy atom. The van der Waals surface area contributed by atoms with Crippen LogP contribution in [0.15, 0.2) is 67.0 Å². The number of nitro benzene ring substituents is 1. The van der Waals surface area contributed by atoms with Crippen molar-refractivity contribution in [3.63, 3.8) is 0 Å². The third-order valence-electron chi connectivity index (χ3n) is 5.08. The van der Waals surface area contributed by atoms with Crippen LogP contribution in [0.25, 0.3) is 5.69 Å². The van der Waals surface area contributed by atoms with Gasteiger partial charge < -0.3 is 14.8 Å². The van der Waals surface area contributed by atoms with Gasteiger partial charge in [-0.15, -0.1) is 0 Å². The van der Waals surface area contributed by atoms with E-state index in [0.717, 1.165) is 30.0 Å². The predicted molar refractivity (Wildman–Crippen MR) is 115 cm³/mol. The molecule has 0 spiro atoms. The standard InChI is InChI=1S/C21H21N5O2S/c1-2-13-25-20(19(23-21(25)29)17-6-3-4-12-22-17)18-7-5-14-24(18)15-8-10-16(11-9-15)26(27)28/h3-12,14,19-20H,2,13H2,1H3,(H,23,29)/t19-,20-/m1/s1. The van der Waals surface area contributed by atoms with Gasteiger partial charge in [-0.25, -0.2) is 0 Å². The van der Waals surface area contributed by atoms with E-state index in [0.29, 0.717) is 5.11 Å². The topological polar surface area (TPSA) is 76.2 Å². The van der Waals surface area contributed by atoms with E-state index in [2.05, 4.69) is 32.8 Å². The highest BCUT2D eigenvalue weighted by atomic mass is 32.1. The summed E-state index contributed by atoms with van der Waals surface area (Å²) < 4.78 is 2.06. The highest BCUT2D eigenvalue weighted by molar-refractivity contribution is 7.80. The molecule has 2 atom stereocenters. The van der Waals surface area contributed by atoms with Crippen LogP contribution < -0.4 is 5.32 Å². The van der Waals surface area contributed by atoms with Crippen LogP contribution in [0.5, 0.6) is 0 Å². The van der Waals surface area contributed by atoms with Crippen LogP contribution in [0.1, 0.15) is 36.8 Å². The van der Waals surface area contributed by atoms with Crippen molar-refractivity contribution >= 4 is 23.0 Å². The number of hydrogen-bond donors (Lipinski definition) is 1. The van der Waals surface area contributed by atoms with Crippen LogP contribution >= 0.6 is 12.2 Å². The molecule has 1 aliphatic rings. The molecule has 1 aliphatic heterocycles. The van der Waals surface area contributed by atoms with E-state index in [4.69, 9.17) is 12.2 Å². The van der Waals surface area contributed by atoms with E-state index in [1.165, 1.54) is 12.1 Å². The lowest BCUT2D eigenvalue weighted by atomic mass is 10.0. The Labute approximate surface area is 174 Å². The van der Waals surface area contributed by atoms with E-state index in [1.54, 1.807) is 18.3 Å². The first-order valence-corrected chi connectivity index (χ1v) is 9.91. The van der Waals surface area contributed by atoms with Gasteiger partial charge in [-0.3, -0.25) is 15.1 Å². The molecule has 8 heteroatoms. The smallest absolute Gasteiger partial charge is 0.269 e. The minimum absolute atomic E-state index is 0.0393. The van der Waals surface area contributed by atoms with Gasteiger partial charge in [0.05, 0.1) is 22.7 Å². The lowest BCUT2D eigenvalue weighted by molar-refractivity contribution is -0.384. The minimum atomic E-state index is -0.389. The van der Waals surface area contributed by atoms with Crippen LogP contribution in [0, 0.1) is 10.1 Å². The third-order valence-corrected chi connectivity index (χ3v) is 5.44. The van der Waals surface area contributed by atoms with Crippen LogP contribution in [-0.4, -0.2) is 31.0 Å². The summed E-state index contributed by atoms with van der Waals surface area (Å²) in [6.07, 6.45) is 4.72. The number of thiocarbonyl (C=S) groups is 1. The maximum atomic E-state index is 11.0. The molecule has 1 fully saturated rings. The second-order valence-corrected chi connectivity index (χ2v) is 7.28. The molecule has 29 heavy (non-hydrogen) atoms. The Morgan fingerprint density at radius 2 is 1.97 bits per heavy atom. The molecule has 0 amide bonds. The molecule has 0 saturated carbocycles. The van der Waals surface area contributed by atoms with Gasteiger partial charge in [-0.2, -0.15) is 0 Å². The molecule has 0 bridgehead atoms. The molecule has 3 aromatic rings. The summed E-state index contributed by atoms with van der Waals surface area (Å²) in [6.45, 7) is 2.95. The number of nitrogens with one attached hydrogen (secondary N) is 1. The summed E-state index contributed by atoms with van der Waals surface area (Å²) in [7, 11) is 0. The van der Waals surface area contributed by atoms with Crippen molar-refractivity contribution in [2.24, 2.45) is 0 Å². The fourth-order valence-corrected chi connectivity index (χ4v) is 4.15. The summed E-state index contributed by atoms with van der Waals surface area (Å²) in [5, 5.41) is 15.1. The average molecular weight is 407 g/mol. The van der Waals surface area contributed by atoms with E-state index >= 15 is 0 Å². The van der Waals surface area contributed by atoms with Gasteiger partial charge in [-0.05, 0) is 55.0 Å². The number of rotatable bonds is 6. The zero-order chi connectivity index (χ0) is 20.4. The maximum absolute atomic E-state index is 11.0. The summed E-state index contributed by atoms with van der Waals surface area (Å²) in [5.41, 5.74) is 2.92. The maximum Gasteiger partial charge on any atom is 0.269 e. The minimum Gasteiger partial charge on any atom is -0.352 e. The van der Waals surface area contributed by atoms with Crippen LogP contribution in [0.3, 0.4) is 0 Å². The molecular formula is C21H21N5O2S. The van der Waals surface area contributed by atoms with Crippen molar-refractivity contribution in [3.8, 4) is 5.69 Å². The van der Waals surface area contributed by atoms with E-state index in [9.17, 15) is 10.1 Å². The van der Waals surface area contributed by atoms with E-state index in [1.807, 2.05) is 30.5 Å². The number of nitro groups is 1. The molecule has 1 aromatic carbocycles. The lowest BCUT2D eigenvalue weighted by Gasteiger charge is -2.28. The first-order valence-electron chi connectivity index (χ1n) is 9.50. The predicted octanol–water partition coefficient (Wildman–Crippen LogP) is 4.16. The van der Waals surface area contributed by atoms with Crippen molar-refractivity contribution in [1.82, 2.24) is 19.8 Å². The van der Waals surface area contributed by atoms with Gasteiger partial charge >= 0.3 is 0 Å². The highest BCUT2D eigenvalue weighted by Gasteiger charge is 2.40. The molecule has 2 aromatic heterocycles. The number of non-ortho nitro benzene ring substituents is 1. The molecule has 0 aliphatic carbocycles. The summed E-state index contributed by atoms with van der Waals surface area (Å²) in [6, 6.07) is 16.4. The molecule has 3 heterocycles. The molecule has 1 saturated heterocycles. The Bertz CT molecular complexity index is 1020. The number of nitrogens with zero attached hydrogens (tertiary/aromatic N) is 4. The van der Waals surface area contributed by atoms with Crippen molar-refractivity contribution in [2.75, 3.05) is 6.54 Å². The molecule has 4 rings (SSSR count). The summed E-state index contributed by atoms with van der Waals surface area (Å²) in [5.74, 6) is 0. The average Bonchev–Trinajstić information content (AvgIpc) is 3.34. The highest BCUT2D eigenvalue weighted by Crippen LogP contribution is 2.39. The van der Waals surface area contributed by atoms with Crippen LogP contribution in [-0.2, 0) is 0 Å². The number of benzene rings is 1. The van der Waals surface area contributed by atoms with Crippen molar-refractivity contribution in [3.05, 3.63) is 88.5 Å². The van der Waals surface area contributed by atoms with Crippen LogP contribution in [0.4, 0.5) is 5.69 Å². The fraction of sp³-hybridized carbons (Fsp3) is 0.238. The Hall–Kier alpha value is -3.26. The van der Waals surface area contributed by atoms with Gasteiger partial charge in [0, 0.05) is 42.5 Å². The fourth-order valence-electron chi connectivity index (χ4n) is 3.81. The first kappa shape index (κ1) is 19.1. The summed E-state index contributed by atoms with van der Waals surface area (Å²) >= 11 is 5.64. The van der Waals surface area contributed by atoms with E-state index < -0.39 is 0 Å². The van der Waals surface area contributed by atoms with Crippen molar-refractivity contribution in [2.45, 2.75) is 25.4 Å². The van der Waals surface area contributed by atoms with Crippen molar-refractivity contribution < 1.29 is 4.92 Å². The largest absolute Gasteiger partial charge is 0.352 e. The number of hydrogen-bond acceptors (Lipinski definition) is 4. The van der Waals surface area contributed by atoms with E-state index in [-0.39, 0.29) is 22.7 Å². The quantitative estimate of drug-likeness (QED) is 0.376. The molecular weight excluding hydrogens is 386 g/mol.